The fraction of sp³-hybridized carbons (Fsp3) is 0.583. The minimum Gasteiger partial charge on any atom is -0.388 e. The van der Waals surface area contributed by atoms with Crippen molar-refractivity contribution in [3.05, 3.63) is 41.2 Å². The zero-order valence-corrected chi connectivity index (χ0v) is 19.9. The quantitative estimate of drug-likeness (QED) is 0.790. The van der Waals surface area contributed by atoms with Crippen LogP contribution in [0.1, 0.15) is 46.7 Å². The Morgan fingerprint density at radius 3 is 2.59 bits per heavy atom. The smallest absolute Gasteiger partial charge is 0.171 e. The minimum atomic E-state index is -0.851. The number of β-amino-alcohol motifs (C(OH)–C–C–N with tert-alkyl or cyclic N) is 1. The van der Waals surface area contributed by atoms with Crippen LogP contribution < -0.4 is 4.90 Å². The molecule has 1 N–H and O–H groups in total. The Bertz CT molecular complexity index is 1100. The first kappa shape index (κ1) is 22.6. The number of nitrogens with zero attached hydrogens (tertiary/aromatic N) is 6. The molecule has 172 valence electrons. The summed E-state index contributed by atoms with van der Waals surface area (Å²) in [4.78, 5) is 6.74. The molecule has 8 heteroatoms. The van der Waals surface area contributed by atoms with Gasteiger partial charge in [0.05, 0.1) is 17.5 Å². The van der Waals surface area contributed by atoms with E-state index in [-0.39, 0.29) is 11.5 Å². The van der Waals surface area contributed by atoms with Crippen molar-refractivity contribution >= 4 is 11.2 Å². The van der Waals surface area contributed by atoms with Crippen LogP contribution in [0.15, 0.2) is 29.7 Å². The van der Waals surface area contributed by atoms with Crippen molar-refractivity contribution in [1.82, 2.24) is 19.4 Å². The van der Waals surface area contributed by atoms with E-state index >= 15 is 0 Å². The molecule has 0 amide bonds. The van der Waals surface area contributed by atoms with Crippen LogP contribution in [0.25, 0.3) is 5.52 Å². The summed E-state index contributed by atoms with van der Waals surface area (Å²) < 4.78 is 16.4. The van der Waals surface area contributed by atoms with Gasteiger partial charge in [0.15, 0.2) is 5.82 Å². The van der Waals surface area contributed by atoms with Crippen molar-refractivity contribution in [2.75, 3.05) is 38.1 Å². The summed E-state index contributed by atoms with van der Waals surface area (Å²) in [5.74, 6) is 0.579. The second-order valence-electron chi connectivity index (χ2n) is 10.1. The molecule has 2 aliphatic heterocycles. The van der Waals surface area contributed by atoms with E-state index in [4.69, 9.17) is 0 Å². The monoisotopic (exact) mass is 440 g/mol. The predicted octanol–water partition coefficient (Wildman–Crippen LogP) is 3.20. The fourth-order valence-electron chi connectivity index (χ4n) is 4.88. The van der Waals surface area contributed by atoms with Crippen LogP contribution in [0.3, 0.4) is 0 Å². The van der Waals surface area contributed by atoms with Gasteiger partial charge in [-0.1, -0.05) is 20.8 Å². The van der Waals surface area contributed by atoms with Crippen molar-refractivity contribution in [2.24, 2.45) is 5.41 Å². The molecule has 32 heavy (non-hydrogen) atoms. The Morgan fingerprint density at radius 2 is 2.00 bits per heavy atom. The molecule has 0 aromatic carbocycles. The molecule has 4 heterocycles. The lowest BCUT2D eigenvalue weighted by Gasteiger charge is -2.36. The number of hydrogen-bond donors (Lipinski definition) is 1. The number of nitriles is 1. The Labute approximate surface area is 189 Å². The largest absolute Gasteiger partial charge is 0.388 e. The molecule has 1 fully saturated rings. The van der Waals surface area contributed by atoms with Gasteiger partial charge in [-0.15, -0.1) is 0 Å². The molecule has 0 aliphatic carbocycles. The molecule has 0 bridgehead atoms. The third kappa shape index (κ3) is 3.44. The van der Waals surface area contributed by atoms with Crippen molar-refractivity contribution in [3.63, 3.8) is 0 Å². The molecule has 0 unspecified atom stereocenters. The summed E-state index contributed by atoms with van der Waals surface area (Å²) in [6.45, 7) is 13.0. The van der Waals surface area contributed by atoms with Crippen LogP contribution in [0.5, 0.6) is 0 Å². The van der Waals surface area contributed by atoms with Crippen molar-refractivity contribution in [2.45, 2.75) is 52.7 Å². The predicted molar refractivity (Wildman–Crippen MR) is 123 cm³/mol. The topological polar surface area (TPSA) is 71.0 Å². The SMILES string of the molecule is CCC1=C(N2CC(C)(C)[C@@](C)(O)C2)N(c2ccc(C#N)n3ncc(F)c23)C[C@@H](C)N(C)C1. The van der Waals surface area contributed by atoms with Crippen LogP contribution in [0.4, 0.5) is 10.1 Å². The van der Waals surface area contributed by atoms with Gasteiger partial charge >= 0.3 is 0 Å². The number of halogens is 1. The third-order valence-electron chi connectivity index (χ3n) is 7.48. The van der Waals surface area contributed by atoms with Gasteiger partial charge in [0.1, 0.15) is 23.1 Å². The number of hydrogen-bond acceptors (Lipinski definition) is 6. The number of aliphatic hydroxyl groups is 1. The van der Waals surface area contributed by atoms with Gasteiger partial charge < -0.3 is 14.9 Å². The van der Waals surface area contributed by atoms with Gasteiger partial charge in [0, 0.05) is 37.6 Å². The minimum absolute atomic E-state index is 0.215. The molecule has 1 saturated heterocycles. The highest BCUT2D eigenvalue weighted by atomic mass is 19.1. The van der Waals surface area contributed by atoms with Gasteiger partial charge in [-0.2, -0.15) is 10.4 Å². The van der Waals surface area contributed by atoms with Gasteiger partial charge in [0.2, 0.25) is 0 Å². The van der Waals surface area contributed by atoms with E-state index in [0.717, 1.165) is 18.8 Å². The molecule has 2 atom stereocenters. The Hall–Kier alpha value is -2.63. The molecule has 0 saturated carbocycles. The summed E-state index contributed by atoms with van der Waals surface area (Å²) in [5.41, 5.74) is 1.38. The summed E-state index contributed by atoms with van der Waals surface area (Å²) in [5, 5.41) is 24.8. The molecular weight excluding hydrogens is 407 g/mol. The molecule has 0 radical (unpaired) electrons. The third-order valence-corrected chi connectivity index (χ3v) is 7.48. The standard InChI is InChI=1S/C24H33FN6O/c1-7-17-13-28(6)16(2)12-30(22(17)29-14-23(3,4)24(5,32)15-29)20-9-8-18(10-26)31-21(20)19(25)11-27-31/h8-9,11,16,32H,7,12-15H2,1-6H3/t16-,24+/m1/s1. The van der Waals surface area contributed by atoms with E-state index in [1.165, 1.54) is 16.3 Å². The lowest BCUT2D eigenvalue weighted by atomic mass is 9.79. The van der Waals surface area contributed by atoms with Crippen molar-refractivity contribution in [1.29, 1.82) is 5.26 Å². The van der Waals surface area contributed by atoms with Gasteiger partial charge in [0.25, 0.3) is 0 Å². The molecule has 7 nitrogen and oxygen atoms in total. The van der Waals surface area contributed by atoms with Crippen LogP contribution in [0, 0.1) is 22.6 Å². The maximum atomic E-state index is 15.0. The van der Waals surface area contributed by atoms with E-state index in [1.807, 2.05) is 13.0 Å². The number of likely N-dealkylation sites (tertiary alicyclic amines) is 1. The highest BCUT2D eigenvalue weighted by molar-refractivity contribution is 5.77. The van der Waals surface area contributed by atoms with E-state index in [2.05, 4.69) is 60.6 Å². The zero-order chi connectivity index (χ0) is 23.4. The van der Waals surface area contributed by atoms with Crippen LogP contribution in [0.2, 0.25) is 0 Å². The number of rotatable bonds is 3. The average Bonchev–Trinajstić information content (AvgIpc) is 3.17. The lowest BCUT2D eigenvalue weighted by molar-refractivity contribution is -0.0105. The Balaban J connectivity index is 1.94. The van der Waals surface area contributed by atoms with E-state index in [9.17, 15) is 14.8 Å². The number of pyridine rings is 1. The van der Waals surface area contributed by atoms with Crippen LogP contribution >= 0.6 is 0 Å². The van der Waals surface area contributed by atoms with Gasteiger partial charge in [-0.05, 0) is 45.0 Å². The maximum Gasteiger partial charge on any atom is 0.171 e. The maximum absolute atomic E-state index is 15.0. The highest BCUT2D eigenvalue weighted by Gasteiger charge is 2.49. The second kappa shape index (κ2) is 7.75. The highest BCUT2D eigenvalue weighted by Crippen LogP contribution is 2.43. The number of aromatic nitrogens is 2. The Morgan fingerprint density at radius 1 is 1.28 bits per heavy atom. The average molecular weight is 441 g/mol. The van der Waals surface area contributed by atoms with Gasteiger partial charge in [-0.3, -0.25) is 4.90 Å². The summed E-state index contributed by atoms with van der Waals surface area (Å²) >= 11 is 0. The molecule has 2 aliphatic rings. The van der Waals surface area contributed by atoms with Crippen LogP contribution in [-0.4, -0.2) is 69.4 Å². The molecular formula is C24H33FN6O. The second-order valence-corrected chi connectivity index (χ2v) is 10.1. The number of anilines is 1. The number of likely N-dealkylation sites (N-methyl/N-ethyl adjacent to an activating group) is 1. The van der Waals surface area contributed by atoms with E-state index in [1.54, 1.807) is 6.07 Å². The first-order valence-corrected chi connectivity index (χ1v) is 11.2. The van der Waals surface area contributed by atoms with Crippen molar-refractivity contribution in [3.8, 4) is 6.07 Å². The van der Waals surface area contributed by atoms with Gasteiger partial charge in [-0.25, -0.2) is 8.91 Å². The van der Waals surface area contributed by atoms with Crippen LogP contribution in [-0.2, 0) is 0 Å². The molecule has 2 aromatic rings. The number of fused-ring (bicyclic) bond motifs is 1. The van der Waals surface area contributed by atoms with E-state index < -0.39 is 11.4 Å². The van der Waals surface area contributed by atoms with Crippen molar-refractivity contribution < 1.29 is 9.50 Å². The zero-order valence-electron chi connectivity index (χ0n) is 19.9. The van der Waals surface area contributed by atoms with E-state index in [0.29, 0.717) is 36.5 Å². The summed E-state index contributed by atoms with van der Waals surface area (Å²) in [6, 6.07) is 5.83. The molecule has 0 spiro atoms. The first-order valence-electron chi connectivity index (χ1n) is 11.2. The lowest BCUT2D eigenvalue weighted by Crippen LogP contribution is -2.42. The Kier molecular flexibility index (Phi) is 5.46. The molecule has 4 rings (SSSR count). The first-order chi connectivity index (χ1) is 15.0. The molecule has 2 aromatic heterocycles. The summed E-state index contributed by atoms with van der Waals surface area (Å²) in [6.07, 6.45) is 2.01. The fourth-order valence-corrected chi connectivity index (χ4v) is 4.88. The summed E-state index contributed by atoms with van der Waals surface area (Å²) in [7, 11) is 2.11. The normalized spacial score (nSPS) is 26.7.